The minimum atomic E-state index is -1.06. The highest BCUT2D eigenvalue weighted by Gasteiger charge is 2.19. The van der Waals surface area contributed by atoms with Gasteiger partial charge in [0.15, 0.2) is 0 Å². The van der Waals surface area contributed by atoms with E-state index in [1.807, 2.05) is 13.8 Å². The number of carboxylic acid groups (broad SMARTS) is 1. The first-order valence-corrected chi connectivity index (χ1v) is 7.86. The Morgan fingerprint density at radius 2 is 1.79 bits per heavy atom. The first-order valence-electron chi connectivity index (χ1n) is 6.71. The summed E-state index contributed by atoms with van der Waals surface area (Å²) in [5, 5.41) is 10.9. The molecule has 1 aliphatic heterocycles. The summed E-state index contributed by atoms with van der Waals surface area (Å²) in [4.78, 5) is 21.7. The van der Waals surface area contributed by atoms with Crippen molar-refractivity contribution in [2.75, 3.05) is 11.5 Å². The van der Waals surface area contributed by atoms with Crippen LogP contribution in [0.25, 0.3) is 0 Å². The maximum atomic E-state index is 11.3. The van der Waals surface area contributed by atoms with Gasteiger partial charge in [-0.15, -0.1) is 0 Å². The van der Waals surface area contributed by atoms with Gasteiger partial charge in [0, 0.05) is 0 Å². The summed E-state index contributed by atoms with van der Waals surface area (Å²) in [5.74, 6) is 1.68. The fourth-order valence-corrected chi connectivity index (χ4v) is 2.53. The molecule has 0 spiro atoms. The normalized spacial score (nSPS) is 17.3. The van der Waals surface area contributed by atoms with Gasteiger partial charge < -0.3 is 16.2 Å². The average Bonchev–Trinajstić information content (AvgIpc) is 2.86. The van der Waals surface area contributed by atoms with Crippen molar-refractivity contribution in [1.29, 1.82) is 0 Å². The zero-order chi connectivity index (χ0) is 14.8. The van der Waals surface area contributed by atoms with Crippen molar-refractivity contribution in [2.45, 2.75) is 52.1 Å². The number of amides is 1. The smallest absolute Gasteiger partial charge is 0.325 e. The monoisotopic (exact) mass is 290 g/mol. The van der Waals surface area contributed by atoms with Crippen molar-refractivity contribution in [1.82, 2.24) is 5.32 Å². The molecular weight excluding hydrogens is 264 g/mol. The molecule has 0 radical (unpaired) electrons. The van der Waals surface area contributed by atoms with Crippen molar-refractivity contribution >= 4 is 23.6 Å². The predicted octanol–water partition coefficient (Wildman–Crippen LogP) is 1.46. The predicted molar refractivity (Wildman–Crippen MR) is 79.2 cm³/mol. The third-order valence-electron chi connectivity index (χ3n) is 2.62. The first-order chi connectivity index (χ1) is 8.84. The first kappa shape index (κ1) is 18.2. The van der Waals surface area contributed by atoms with E-state index in [0.29, 0.717) is 12.3 Å². The molecule has 6 heteroatoms. The van der Waals surface area contributed by atoms with Gasteiger partial charge in [0.05, 0.1) is 6.04 Å². The van der Waals surface area contributed by atoms with E-state index >= 15 is 0 Å². The van der Waals surface area contributed by atoms with E-state index in [-0.39, 0.29) is 0 Å². The maximum Gasteiger partial charge on any atom is 0.325 e. The summed E-state index contributed by atoms with van der Waals surface area (Å²) >= 11 is 2.07. The minimum absolute atomic E-state index is 0.316. The Balaban J connectivity index is 0.000000532. The Morgan fingerprint density at radius 3 is 2.11 bits per heavy atom. The summed E-state index contributed by atoms with van der Waals surface area (Å²) in [6, 6.07) is -1.52. The largest absolute Gasteiger partial charge is 0.480 e. The van der Waals surface area contributed by atoms with Crippen LogP contribution in [0.1, 0.15) is 40.0 Å². The van der Waals surface area contributed by atoms with Crippen molar-refractivity contribution in [3.8, 4) is 0 Å². The Kier molecular flexibility index (Phi) is 9.69. The quantitative estimate of drug-likeness (QED) is 0.713. The summed E-state index contributed by atoms with van der Waals surface area (Å²) in [7, 11) is 0. The highest BCUT2D eigenvalue weighted by molar-refractivity contribution is 7.99. The van der Waals surface area contributed by atoms with Crippen LogP contribution in [0.3, 0.4) is 0 Å². The molecule has 1 amide bonds. The van der Waals surface area contributed by atoms with Gasteiger partial charge in [0.25, 0.3) is 0 Å². The number of carbonyl (C=O) groups excluding carboxylic acids is 1. The highest BCUT2D eigenvalue weighted by Crippen LogP contribution is 2.14. The molecule has 19 heavy (non-hydrogen) atoms. The third-order valence-corrected chi connectivity index (χ3v) is 3.77. The summed E-state index contributed by atoms with van der Waals surface area (Å²) in [6.07, 6.45) is 3.48. The molecule has 0 aliphatic carbocycles. The van der Waals surface area contributed by atoms with Crippen LogP contribution in [0.5, 0.6) is 0 Å². The molecular formula is C13H26N2O3S. The minimum Gasteiger partial charge on any atom is -0.480 e. The van der Waals surface area contributed by atoms with E-state index in [0.717, 1.165) is 0 Å². The van der Waals surface area contributed by atoms with E-state index in [2.05, 4.69) is 17.1 Å². The molecule has 4 N–H and O–H groups in total. The molecule has 2 unspecified atom stereocenters. The molecule has 0 aromatic carbocycles. The lowest BCUT2D eigenvalue weighted by molar-refractivity contribution is -0.141. The van der Waals surface area contributed by atoms with Crippen LogP contribution in [-0.2, 0) is 9.59 Å². The summed E-state index contributed by atoms with van der Waals surface area (Å²) in [5.41, 5.74) is 5.56. The molecule has 1 heterocycles. The van der Waals surface area contributed by atoms with Crippen LogP contribution >= 0.6 is 11.8 Å². The molecule has 112 valence electrons. The van der Waals surface area contributed by atoms with E-state index in [1.54, 1.807) is 0 Å². The zero-order valence-electron chi connectivity index (χ0n) is 12.0. The number of hydrogen-bond acceptors (Lipinski definition) is 4. The number of thioether (sulfide) groups is 1. The number of carbonyl (C=O) groups is 2. The van der Waals surface area contributed by atoms with Gasteiger partial charge in [0.2, 0.25) is 5.91 Å². The van der Waals surface area contributed by atoms with Crippen LogP contribution in [0.15, 0.2) is 0 Å². The van der Waals surface area contributed by atoms with Crippen LogP contribution in [0.2, 0.25) is 0 Å². The summed E-state index contributed by atoms with van der Waals surface area (Å²) < 4.78 is 0. The second-order valence-corrected chi connectivity index (χ2v) is 6.35. The van der Waals surface area contributed by atoms with Gasteiger partial charge in [-0.25, -0.2) is 0 Å². The highest BCUT2D eigenvalue weighted by atomic mass is 32.2. The number of carboxylic acids is 1. The fraction of sp³-hybridized carbons (Fsp3) is 0.846. The zero-order valence-corrected chi connectivity index (χ0v) is 12.8. The van der Waals surface area contributed by atoms with E-state index < -0.39 is 24.0 Å². The Labute approximate surface area is 119 Å². The van der Waals surface area contributed by atoms with Crippen molar-refractivity contribution in [2.24, 2.45) is 11.7 Å². The summed E-state index contributed by atoms with van der Waals surface area (Å²) in [6.45, 7) is 5.31. The van der Waals surface area contributed by atoms with Gasteiger partial charge in [-0.1, -0.05) is 13.8 Å². The Bertz CT molecular complexity index is 273. The molecule has 0 saturated carbocycles. The molecule has 0 aromatic heterocycles. The molecule has 5 nitrogen and oxygen atoms in total. The number of hydrogen-bond donors (Lipinski definition) is 3. The van der Waals surface area contributed by atoms with Gasteiger partial charge >= 0.3 is 5.97 Å². The molecule has 1 saturated heterocycles. The van der Waals surface area contributed by atoms with Crippen LogP contribution in [0, 0.1) is 5.92 Å². The van der Waals surface area contributed by atoms with Crippen molar-refractivity contribution in [3.63, 3.8) is 0 Å². The topological polar surface area (TPSA) is 92.4 Å². The standard InChI is InChI=1S/C9H18N2O3.C4H8S/c1-5(2)4-7(10)8(12)11-6(3)9(13)14;1-2-4-5-3-1/h5-7H,4,10H2,1-3H3,(H,11,12)(H,13,14);1-4H2. The molecule has 1 aliphatic rings. The third kappa shape index (κ3) is 9.78. The Morgan fingerprint density at radius 1 is 1.26 bits per heavy atom. The lowest BCUT2D eigenvalue weighted by Crippen LogP contribution is -2.47. The van der Waals surface area contributed by atoms with E-state index in [1.165, 1.54) is 31.3 Å². The lowest BCUT2D eigenvalue weighted by atomic mass is 10.0. The second-order valence-electron chi connectivity index (χ2n) is 5.12. The van der Waals surface area contributed by atoms with Crippen LogP contribution in [0.4, 0.5) is 0 Å². The molecule has 0 aromatic rings. The lowest BCUT2D eigenvalue weighted by Gasteiger charge is -2.16. The average molecular weight is 290 g/mol. The molecule has 1 fully saturated rings. The molecule has 0 bridgehead atoms. The maximum absolute atomic E-state index is 11.3. The van der Waals surface area contributed by atoms with Gasteiger partial charge in [-0.2, -0.15) is 11.8 Å². The second kappa shape index (κ2) is 10.1. The molecule has 1 rings (SSSR count). The van der Waals surface area contributed by atoms with Gasteiger partial charge in [-0.3, -0.25) is 9.59 Å². The van der Waals surface area contributed by atoms with Gasteiger partial charge in [-0.05, 0) is 43.6 Å². The van der Waals surface area contributed by atoms with E-state index in [4.69, 9.17) is 10.8 Å². The number of rotatable bonds is 5. The number of nitrogens with two attached hydrogens (primary N) is 1. The number of aliphatic carboxylic acids is 1. The van der Waals surface area contributed by atoms with E-state index in [9.17, 15) is 9.59 Å². The Hall–Kier alpha value is -0.750. The van der Waals surface area contributed by atoms with Crippen molar-refractivity contribution in [3.05, 3.63) is 0 Å². The van der Waals surface area contributed by atoms with Crippen LogP contribution in [-0.4, -0.2) is 40.6 Å². The van der Waals surface area contributed by atoms with Crippen LogP contribution < -0.4 is 11.1 Å². The SMILES string of the molecule is C1CCSC1.CC(C)CC(N)C(=O)NC(C)C(=O)O. The van der Waals surface area contributed by atoms with Gasteiger partial charge in [0.1, 0.15) is 6.04 Å². The van der Waals surface area contributed by atoms with Crippen molar-refractivity contribution < 1.29 is 14.7 Å². The molecule has 2 atom stereocenters. The fourth-order valence-electron chi connectivity index (χ4n) is 1.51. The number of nitrogens with one attached hydrogen (secondary N) is 1.